The van der Waals surface area contributed by atoms with Gasteiger partial charge in [-0.2, -0.15) is 13.2 Å². The van der Waals surface area contributed by atoms with Crippen molar-refractivity contribution in [3.05, 3.63) is 35.4 Å². The first kappa shape index (κ1) is 18.7. The summed E-state index contributed by atoms with van der Waals surface area (Å²) < 4.78 is 44.1. The molecule has 1 aliphatic heterocycles. The molecule has 134 valence electrons. The third kappa shape index (κ3) is 4.70. The van der Waals surface area contributed by atoms with E-state index in [0.717, 1.165) is 12.1 Å². The van der Waals surface area contributed by atoms with Crippen LogP contribution in [0.15, 0.2) is 24.3 Å². The lowest BCUT2D eigenvalue weighted by atomic mass is 10.0. The van der Waals surface area contributed by atoms with Gasteiger partial charge >= 0.3 is 6.18 Å². The van der Waals surface area contributed by atoms with Gasteiger partial charge in [0.15, 0.2) is 0 Å². The van der Waals surface area contributed by atoms with Crippen molar-refractivity contribution in [1.82, 2.24) is 4.90 Å². The number of amides is 1. The molecule has 7 heteroatoms. The highest BCUT2D eigenvalue weighted by molar-refractivity contribution is 5.78. The van der Waals surface area contributed by atoms with Crippen LogP contribution < -0.4 is 0 Å². The van der Waals surface area contributed by atoms with E-state index in [1.54, 1.807) is 6.07 Å². The van der Waals surface area contributed by atoms with Crippen LogP contribution in [0.2, 0.25) is 0 Å². The Morgan fingerprint density at radius 1 is 1.33 bits per heavy atom. The van der Waals surface area contributed by atoms with E-state index in [-0.39, 0.29) is 25.5 Å². The van der Waals surface area contributed by atoms with Crippen LogP contribution in [0.4, 0.5) is 13.2 Å². The Balaban J connectivity index is 2.20. The summed E-state index contributed by atoms with van der Waals surface area (Å²) in [6, 6.07) is 4.30. The van der Waals surface area contributed by atoms with E-state index < -0.39 is 29.5 Å². The van der Waals surface area contributed by atoms with Gasteiger partial charge in [-0.15, -0.1) is 0 Å². The van der Waals surface area contributed by atoms with Crippen LogP contribution in [0.5, 0.6) is 0 Å². The number of aliphatic hydroxyl groups is 1. The van der Waals surface area contributed by atoms with Gasteiger partial charge in [-0.3, -0.25) is 4.79 Å². The minimum absolute atomic E-state index is 0.0905. The van der Waals surface area contributed by atoms with Crippen molar-refractivity contribution in [1.29, 1.82) is 0 Å². The fourth-order valence-corrected chi connectivity index (χ4v) is 2.69. The second kappa shape index (κ2) is 6.72. The highest BCUT2D eigenvalue weighted by atomic mass is 19.4. The molecule has 1 amide bonds. The number of nitrogens with zero attached hydrogens (tertiary/aromatic N) is 1. The van der Waals surface area contributed by atoms with Crippen LogP contribution in [0.1, 0.15) is 44.4 Å². The van der Waals surface area contributed by atoms with E-state index in [2.05, 4.69) is 0 Å². The summed E-state index contributed by atoms with van der Waals surface area (Å²) in [5.74, 6) is -0.344. The van der Waals surface area contributed by atoms with E-state index in [0.29, 0.717) is 5.56 Å². The number of hydrogen-bond donors (Lipinski definition) is 1. The zero-order valence-electron chi connectivity index (χ0n) is 13.9. The first-order valence-electron chi connectivity index (χ1n) is 7.76. The molecule has 1 saturated heterocycles. The quantitative estimate of drug-likeness (QED) is 0.916. The summed E-state index contributed by atoms with van der Waals surface area (Å²) in [7, 11) is 0. The molecule has 24 heavy (non-hydrogen) atoms. The zero-order chi connectivity index (χ0) is 18.1. The Morgan fingerprint density at radius 2 is 2.00 bits per heavy atom. The molecular formula is C17H22F3NO3. The molecule has 0 bridgehead atoms. The van der Waals surface area contributed by atoms with Crippen LogP contribution in [0.3, 0.4) is 0 Å². The molecule has 2 unspecified atom stereocenters. The summed E-state index contributed by atoms with van der Waals surface area (Å²) in [6.45, 7) is 5.34. The number of carbonyl (C=O) groups excluding carboxylic acids is 1. The Morgan fingerprint density at radius 3 is 2.58 bits per heavy atom. The first-order chi connectivity index (χ1) is 11.0. The summed E-state index contributed by atoms with van der Waals surface area (Å²) in [5, 5.41) is 9.88. The molecule has 2 atom stereocenters. The number of carbonyl (C=O) groups is 1. The third-order valence-electron chi connectivity index (χ3n) is 3.83. The normalized spacial score (nSPS) is 22.0. The molecule has 2 rings (SSSR count). The Kier molecular flexibility index (Phi) is 5.25. The smallest absolute Gasteiger partial charge is 0.391 e. The molecular weight excluding hydrogens is 323 g/mol. The molecule has 1 fully saturated rings. The number of alkyl halides is 3. The van der Waals surface area contributed by atoms with Gasteiger partial charge in [0.1, 0.15) is 6.61 Å². The SMILES string of the molecule is CC(C)(C)OCC(=O)N1CC(O)CC1c1cccc(C(F)(F)F)c1. The number of rotatable bonds is 3. The molecule has 0 saturated carbocycles. The molecule has 1 N–H and O–H groups in total. The minimum Gasteiger partial charge on any atom is -0.391 e. The average Bonchev–Trinajstić information content (AvgIpc) is 2.85. The predicted molar refractivity (Wildman–Crippen MR) is 82.2 cm³/mol. The van der Waals surface area contributed by atoms with Crippen molar-refractivity contribution < 1.29 is 27.8 Å². The van der Waals surface area contributed by atoms with Crippen molar-refractivity contribution in [2.45, 2.75) is 51.1 Å². The predicted octanol–water partition coefficient (Wildman–Crippen LogP) is 3.15. The second-order valence-electron chi connectivity index (χ2n) is 6.98. The second-order valence-corrected chi connectivity index (χ2v) is 6.98. The van der Waals surface area contributed by atoms with Gasteiger partial charge in [-0.05, 0) is 44.9 Å². The molecule has 0 spiro atoms. The highest BCUT2D eigenvalue weighted by Crippen LogP contribution is 2.36. The van der Waals surface area contributed by atoms with E-state index in [4.69, 9.17) is 4.74 Å². The standard InChI is InChI=1S/C17H22F3NO3/c1-16(2,3)24-10-15(23)21-9-13(22)8-14(21)11-5-4-6-12(7-11)17(18,19)20/h4-7,13-14,22H,8-10H2,1-3H3. The van der Waals surface area contributed by atoms with Crippen molar-refractivity contribution in [3.63, 3.8) is 0 Å². The fourth-order valence-electron chi connectivity index (χ4n) is 2.69. The van der Waals surface area contributed by atoms with Crippen LogP contribution in [-0.4, -0.2) is 40.8 Å². The Bertz CT molecular complexity index is 595. The van der Waals surface area contributed by atoms with Gasteiger partial charge < -0.3 is 14.7 Å². The molecule has 0 aliphatic carbocycles. The number of likely N-dealkylation sites (tertiary alicyclic amines) is 1. The molecule has 0 aromatic heterocycles. The third-order valence-corrected chi connectivity index (χ3v) is 3.83. The minimum atomic E-state index is -4.45. The highest BCUT2D eigenvalue weighted by Gasteiger charge is 2.37. The van der Waals surface area contributed by atoms with Crippen LogP contribution in [0, 0.1) is 0 Å². The number of hydrogen-bond acceptors (Lipinski definition) is 3. The van der Waals surface area contributed by atoms with Gasteiger partial charge in [0.2, 0.25) is 5.91 Å². The lowest BCUT2D eigenvalue weighted by molar-refractivity contribution is -0.142. The lowest BCUT2D eigenvalue weighted by Crippen LogP contribution is -2.37. The van der Waals surface area contributed by atoms with Gasteiger partial charge in [0.05, 0.1) is 23.3 Å². The molecule has 1 heterocycles. The van der Waals surface area contributed by atoms with Crippen LogP contribution >= 0.6 is 0 Å². The summed E-state index contributed by atoms with van der Waals surface area (Å²) >= 11 is 0. The molecule has 1 aromatic rings. The van der Waals surface area contributed by atoms with Crippen molar-refractivity contribution in [2.75, 3.05) is 13.2 Å². The van der Waals surface area contributed by atoms with E-state index >= 15 is 0 Å². The maximum atomic E-state index is 12.9. The summed E-state index contributed by atoms with van der Waals surface area (Å²) in [5.41, 5.74) is -0.898. The summed E-state index contributed by atoms with van der Waals surface area (Å²) in [6.07, 6.45) is -5.00. The maximum absolute atomic E-state index is 12.9. The van der Waals surface area contributed by atoms with Crippen molar-refractivity contribution in [2.24, 2.45) is 0 Å². The van der Waals surface area contributed by atoms with Crippen LogP contribution in [0.25, 0.3) is 0 Å². The van der Waals surface area contributed by atoms with Crippen molar-refractivity contribution in [3.8, 4) is 0 Å². The number of halogens is 3. The number of aliphatic hydroxyl groups excluding tert-OH is 1. The Hall–Kier alpha value is -1.60. The molecule has 0 radical (unpaired) electrons. The average molecular weight is 345 g/mol. The lowest BCUT2D eigenvalue weighted by Gasteiger charge is -2.27. The largest absolute Gasteiger partial charge is 0.416 e. The van der Waals surface area contributed by atoms with E-state index in [1.807, 2.05) is 20.8 Å². The van der Waals surface area contributed by atoms with Gasteiger partial charge in [-0.1, -0.05) is 12.1 Å². The van der Waals surface area contributed by atoms with E-state index in [9.17, 15) is 23.1 Å². The maximum Gasteiger partial charge on any atom is 0.416 e. The molecule has 4 nitrogen and oxygen atoms in total. The van der Waals surface area contributed by atoms with Gasteiger partial charge in [0.25, 0.3) is 0 Å². The Labute approximate surface area is 139 Å². The fraction of sp³-hybridized carbons (Fsp3) is 0.588. The van der Waals surface area contributed by atoms with E-state index in [1.165, 1.54) is 11.0 Å². The number of ether oxygens (including phenoxy) is 1. The number of β-amino-alcohol motifs (C(OH)–C–C–N with tert-alkyl or cyclic N) is 1. The monoisotopic (exact) mass is 345 g/mol. The summed E-state index contributed by atoms with van der Waals surface area (Å²) in [4.78, 5) is 13.8. The zero-order valence-corrected chi connectivity index (χ0v) is 13.9. The van der Waals surface area contributed by atoms with Gasteiger partial charge in [0, 0.05) is 6.54 Å². The first-order valence-corrected chi connectivity index (χ1v) is 7.76. The molecule has 1 aliphatic rings. The molecule has 1 aromatic carbocycles. The number of benzene rings is 1. The topological polar surface area (TPSA) is 49.8 Å². The van der Waals surface area contributed by atoms with Crippen molar-refractivity contribution >= 4 is 5.91 Å². The van der Waals surface area contributed by atoms with Gasteiger partial charge in [-0.25, -0.2) is 0 Å². The van der Waals surface area contributed by atoms with Crippen LogP contribution in [-0.2, 0) is 15.7 Å².